The Balaban J connectivity index is 2.02. The molecule has 0 unspecified atom stereocenters. The summed E-state index contributed by atoms with van der Waals surface area (Å²) in [7, 11) is 0. The number of rotatable bonds is 2. The molecule has 2 atom stereocenters. The molecule has 0 aromatic heterocycles. The average molecular weight is 240 g/mol. The molecule has 2 nitrogen and oxygen atoms in total. The zero-order chi connectivity index (χ0) is 11.5. The van der Waals surface area contributed by atoms with Crippen LogP contribution in [0.3, 0.4) is 0 Å². The first kappa shape index (κ1) is 11.9. The highest BCUT2D eigenvalue weighted by Gasteiger charge is 2.22. The summed E-state index contributed by atoms with van der Waals surface area (Å²) in [6.07, 6.45) is 0.623. The fourth-order valence-electron chi connectivity index (χ4n) is 2.28. The van der Waals surface area contributed by atoms with Gasteiger partial charge in [-0.25, -0.2) is 0 Å². The lowest BCUT2D eigenvalue weighted by Crippen LogP contribution is -2.44. The Morgan fingerprint density at radius 2 is 1.88 bits per heavy atom. The van der Waals surface area contributed by atoms with E-state index in [1.165, 1.54) is 5.56 Å². The first-order valence-electron chi connectivity index (χ1n) is 5.76. The summed E-state index contributed by atoms with van der Waals surface area (Å²) in [6, 6.07) is 8.04. The SMILES string of the molecule is C[C@@H]1CN(Cc2ccccc2Cl)C[C@@H](C)O1. The maximum Gasteiger partial charge on any atom is 0.0678 e. The maximum absolute atomic E-state index is 6.16. The molecule has 0 saturated carbocycles. The van der Waals surface area contributed by atoms with Crippen molar-refractivity contribution in [2.24, 2.45) is 0 Å². The second-order valence-electron chi connectivity index (χ2n) is 4.54. The van der Waals surface area contributed by atoms with Crippen molar-refractivity contribution in [3.05, 3.63) is 34.9 Å². The van der Waals surface area contributed by atoms with Crippen LogP contribution in [0.1, 0.15) is 19.4 Å². The van der Waals surface area contributed by atoms with Crippen LogP contribution in [0.5, 0.6) is 0 Å². The topological polar surface area (TPSA) is 12.5 Å². The van der Waals surface area contributed by atoms with Crippen molar-refractivity contribution in [3.63, 3.8) is 0 Å². The number of hydrogen-bond donors (Lipinski definition) is 0. The molecule has 0 N–H and O–H groups in total. The maximum atomic E-state index is 6.16. The van der Waals surface area contributed by atoms with Gasteiger partial charge in [-0.05, 0) is 25.5 Å². The van der Waals surface area contributed by atoms with Crippen LogP contribution < -0.4 is 0 Å². The molecule has 0 radical (unpaired) electrons. The van der Waals surface area contributed by atoms with Gasteiger partial charge in [0.1, 0.15) is 0 Å². The van der Waals surface area contributed by atoms with Gasteiger partial charge in [0.05, 0.1) is 12.2 Å². The van der Waals surface area contributed by atoms with Crippen LogP contribution in [-0.2, 0) is 11.3 Å². The number of hydrogen-bond acceptors (Lipinski definition) is 2. The summed E-state index contributed by atoms with van der Waals surface area (Å²) < 4.78 is 5.71. The molecule has 16 heavy (non-hydrogen) atoms. The molecule has 0 amide bonds. The Morgan fingerprint density at radius 3 is 2.50 bits per heavy atom. The summed E-state index contributed by atoms with van der Waals surface area (Å²) >= 11 is 6.16. The molecule has 1 aromatic carbocycles. The third-order valence-electron chi connectivity index (χ3n) is 2.85. The van der Waals surface area contributed by atoms with E-state index in [4.69, 9.17) is 16.3 Å². The number of nitrogens with zero attached hydrogens (tertiary/aromatic N) is 1. The lowest BCUT2D eigenvalue weighted by molar-refractivity contribution is -0.0704. The third kappa shape index (κ3) is 2.97. The van der Waals surface area contributed by atoms with E-state index in [1.807, 2.05) is 18.2 Å². The van der Waals surface area contributed by atoms with E-state index in [2.05, 4.69) is 24.8 Å². The molecule has 1 aliphatic heterocycles. The van der Waals surface area contributed by atoms with Crippen LogP contribution in [0.2, 0.25) is 5.02 Å². The second-order valence-corrected chi connectivity index (χ2v) is 4.95. The normalized spacial score (nSPS) is 26.9. The standard InChI is InChI=1S/C13H18ClNO/c1-10-7-15(8-11(2)16-10)9-12-5-3-4-6-13(12)14/h3-6,10-11H,7-9H2,1-2H3/t10-,11-/m1/s1. The Bertz CT molecular complexity index is 346. The number of morpholine rings is 1. The summed E-state index contributed by atoms with van der Waals surface area (Å²) in [5, 5.41) is 0.856. The van der Waals surface area contributed by atoms with Crippen LogP contribution in [0.4, 0.5) is 0 Å². The predicted molar refractivity (Wildman–Crippen MR) is 66.7 cm³/mol. The van der Waals surface area contributed by atoms with E-state index < -0.39 is 0 Å². The molecule has 2 rings (SSSR count). The molecule has 0 spiro atoms. The molecular formula is C13H18ClNO. The highest BCUT2D eigenvalue weighted by atomic mass is 35.5. The Labute approximate surface area is 102 Å². The quantitative estimate of drug-likeness (QED) is 0.787. The van der Waals surface area contributed by atoms with Crippen LogP contribution >= 0.6 is 11.6 Å². The lowest BCUT2D eigenvalue weighted by Gasteiger charge is -2.35. The van der Waals surface area contributed by atoms with Crippen LogP contribution in [0.15, 0.2) is 24.3 Å². The Kier molecular flexibility index (Phi) is 3.85. The first-order valence-corrected chi connectivity index (χ1v) is 6.14. The number of ether oxygens (including phenoxy) is 1. The first-order chi connectivity index (χ1) is 7.65. The molecule has 1 saturated heterocycles. The van der Waals surface area contributed by atoms with E-state index in [0.717, 1.165) is 24.7 Å². The molecular weight excluding hydrogens is 222 g/mol. The fraction of sp³-hybridized carbons (Fsp3) is 0.538. The molecule has 0 bridgehead atoms. The minimum atomic E-state index is 0.311. The van der Waals surface area contributed by atoms with E-state index in [9.17, 15) is 0 Å². The van der Waals surface area contributed by atoms with Gasteiger partial charge >= 0.3 is 0 Å². The zero-order valence-corrected chi connectivity index (χ0v) is 10.6. The second kappa shape index (κ2) is 5.17. The largest absolute Gasteiger partial charge is 0.373 e. The Morgan fingerprint density at radius 1 is 1.25 bits per heavy atom. The van der Waals surface area contributed by atoms with Crippen molar-refractivity contribution >= 4 is 11.6 Å². The van der Waals surface area contributed by atoms with E-state index in [1.54, 1.807) is 0 Å². The third-order valence-corrected chi connectivity index (χ3v) is 3.22. The fourth-order valence-corrected chi connectivity index (χ4v) is 2.48. The van der Waals surface area contributed by atoms with Gasteiger partial charge < -0.3 is 4.74 Å². The molecule has 1 aromatic rings. The van der Waals surface area contributed by atoms with Gasteiger partial charge in [0.25, 0.3) is 0 Å². The van der Waals surface area contributed by atoms with Crippen LogP contribution in [-0.4, -0.2) is 30.2 Å². The molecule has 88 valence electrons. The molecule has 1 heterocycles. The molecule has 1 fully saturated rings. The summed E-state index contributed by atoms with van der Waals surface area (Å²) in [6.45, 7) is 7.12. The van der Waals surface area contributed by atoms with Gasteiger partial charge in [-0.15, -0.1) is 0 Å². The highest BCUT2D eigenvalue weighted by molar-refractivity contribution is 6.31. The zero-order valence-electron chi connectivity index (χ0n) is 9.82. The minimum absolute atomic E-state index is 0.311. The van der Waals surface area contributed by atoms with Gasteiger partial charge in [0.15, 0.2) is 0 Å². The van der Waals surface area contributed by atoms with Gasteiger partial charge in [-0.3, -0.25) is 4.90 Å². The van der Waals surface area contributed by atoms with Crippen molar-refractivity contribution in [3.8, 4) is 0 Å². The lowest BCUT2D eigenvalue weighted by atomic mass is 10.1. The van der Waals surface area contributed by atoms with Gasteiger partial charge in [-0.2, -0.15) is 0 Å². The van der Waals surface area contributed by atoms with Crippen molar-refractivity contribution in [2.45, 2.75) is 32.6 Å². The van der Waals surface area contributed by atoms with Gasteiger partial charge in [-0.1, -0.05) is 29.8 Å². The molecule has 1 aliphatic rings. The smallest absolute Gasteiger partial charge is 0.0678 e. The van der Waals surface area contributed by atoms with Crippen LogP contribution in [0, 0.1) is 0 Å². The van der Waals surface area contributed by atoms with E-state index in [0.29, 0.717) is 12.2 Å². The van der Waals surface area contributed by atoms with Crippen molar-refractivity contribution in [1.82, 2.24) is 4.90 Å². The summed E-state index contributed by atoms with van der Waals surface area (Å²) in [4.78, 5) is 2.40. The average Bonchev–Trinajstić information content (AvgIpc) is 2.20. The van der Waals surface area contributed by atoms with Crippen molar-refractivity contribution in [2.75, 3.05) is 13.1 Å². The van der Waals surface area contributed by atoms with Crippen LogP contribution in [0.25, 0.3) is 0 Å². The van der Waals surface area contributed by atoms with Gasteiger partial charge in [0, 0.05) is 24.7 Å². The molecule has 3 heteroatoms. The van der Waals surface area contributed by atoms with Crippen molar-refractivity contribution < 1.29 is 4.74 Å². The predicted octanol–water partition coefficient (Wildman–Crippen LogP) is 2.95. The summed E-state index contributed by atoms with van der Waals surface area (Å²) in [5.41, 5.74) is 1.20. The number of benzene rings is 1. The monoisotopic (exact) mass is 239 g/mol. The van der Waals surface area contributed by atoms with Gasteiger partial charge in [0.2, 0.25) is 0 Å². The summed E-state index contributed by atoms with van der Waals surface area (Å²) in [5.74, 6) is 0. The number of halogens is 1. The van der Waals surface area contributed by atoms with E-state index >= 15 is 0 Å². The molecule has 0 aliphatic carbocycles. The van der Waals surface area contributed by atoms with E-state index in [-0.39, 0.29) is 0 Å². The Hall–Kier alpha value is -0.570. The minimum Gasteiger partial charge on any atom is -0.373 e. The highest BCUT2D eigenvalue weighted by Crippen LogP contribution is 2.19. The van der Waals surface area contributed by atoms with Crippen molar-refractivity contribution in [1.29, 1.82) is 0 Å².